The fourth-order valence-corrected chi connectivity index (χ4v) is 4.45. The average Bonchev–Trinajstić information content (AvgIpc) is 3.15. The molecule has 0 amide bonds. The Labute approximate surface area is 130 Å². The lowest BCUT2D eigenvalue weighted by Crippen LogP contribution is -2.42. The van der Waals surface area contributed by atoms with Gasteiger partial charge in [0.05, 0.1) is 17.9 Å². The highest BCUT2D eigenvalue weighted by atomic mass is 32.1. The van der Waals surface area contributed by atoms with Crippen LogP contribution in [0.15, 0.2) is 0 Å². The van der Waals surface area contributed by atoms with Crippen molar-refractivity contribution in [3.05, 3.63) is 10.6 Å². The summed E-state index contributed by atoms with van der Waals surface area (Å²) in [5, 5.41) is 4.87. The molecular weight excluding hydrogens is 282 g/mol. The second-order valence-corrected chi connectivity index (χ2v) is 7.70. The van der Waals surface area contributed by atoms with Crippen molar-refractivity contribution in [2.24, 2.45) is 0 Å². The van der Waals surface area contributed by atoms with E-state index in [0.717, 1.165) is 32.1 Å². The van der Waals surface area contributed by atoms with Crippen molar-refractivity contribution in [2.45, 2.75) is 70.2 Å². The van der Waals surface area contributed by atoms with Gasteiger partial charge in [-0.1, -0.05) is 13.3 Å². The topological polar surface area (TPSA) is 37.4 Å². The number of anilines is 1. The second kappa shape index (κ2) is 5.86. The Hall–Kier alpha value is -0.650. The minimum atomic E-state index is 0.440. The number of rotatable bonds is 6. The maximum Gasteiger partial charge on any atom is 0.186 e. The molecule has 3 aliphatic rings. The van der Waals surface area contributed by atoms with Crippen LogP contribution in [0.5, 0.6) is 0 Å². The molecule has 1 aromatic rings. The number of thiazole rings is 1. The first-order chi connectivity index (χ1) is 10.3. The Morgan fingerprint density at radius 3 is 2.67 bits per heavy atom. The molecule has 2 unspecified atom stereocenters. The highest BCUT2D eigenvalue weighted by molar-refractivity contribution is 7.15. The van der Waals surface area contributed by atoms with Gasteiger partial charge in [-0.25, -0.2) is 4.98 Å². The van der Waals surface area contributed by atoms with E-state index in [1.165, 1.54) is 47.8 Å². The van der Waals surface area contributed by atoms with Gasteiger partial charge >= 0.3 is 0 Å². The summed E-state index contributed by atoms with van der Waals surface area (Å²) in [6.45, 7) is 5.32. The van der Waals surface area contributed by atoms with Crippen LogP contribution >= 0.6 is 11.3 Å². The molecule has 116 valence electrons. The summed E-state index contributed by atoms with van der Waals surface area (Å²) in [5.41, 5.74) is 1.32. The third-order valence-electron chi connectivity index (χ3n) is 4.70. The van der Waals surface area contributed by atoms with Gasteiger partial charge in [0.15, 0.2) is 5.13 Å². The van der Waals surface area contributed by atoms with Crippen LogP contribution in [0.3, 0.4) is 0 Å². The summed E-state index contributed by atoms with van der Waals surface area (Å²) >= 11 is 1.90. The zero-order valence-corrected chi connectivity index (χ0v) is 13.6. The van der Waals surface area contributed by atoms with Crippen LogP contribution in [0.2, 0.25) is 0 Å². The molecule has 1 aromatic heterocycles. The zero-order chi connectivity index (χ0) is 14.2. The van der Waals surface area contributed by atoms with Crippen molar-refractivity contribution < 1.29 is 4.74 Å². The largest absolute Gasteiger partial charge is 0.371 e. The van der Waals surface area contributed by atoms with E-state index in [9.17, 15) is 0 Å². The smallest absolute Gasteiger partial charge is 0.186 e. The van der Waals surface area contributed by atoms with Gasteiger partial charge in [-0.2, -0.15) is 0 Å². The number of fused-ring (bicyclic) bond motifs is 2. The fraction of sp³-hybridized carbons (Fsp3) is 0.812. The first kappa shape index (κ1) is 14.0. The first-order valence-corrected chi connectivity index (χ1v) is 9.26. The van der Waals surface area contributed by atoms with E-state index in [1.54, 1.807) is 0 Å². The number of nitrogens with one attached hydrogen (secondary N) is 1. The maximum atomic E-state index is 5.94. The van der Waals surface area contributed by atoms with Crippen LogP contribution in [-0.2, 0) is 17.7 Å². The summed E-state index contributed by atoms with van der Waals surface area (Å²) in [7, 11) is 0. The lowest BCUT2D eigenvalue weighted by Gasteiger charge is -2.31. The van der Waals surface area contributed by atoms with Gasteiger partial charge in [0.25, 0.3) is 0 Å². The zero-order valence-electron chi connectivity index (χ0n) is 12.8. The Bertz CT molecular complexity index is 488. The quantitative estimate of drug-likeness (QED) is 0.877. The number of aromatic nitrogens is 1. The maximum absolute atomic E-state index is 5.94. The Morgan fingerprint density at radius 1 is 1.24 bits per heavy atom. The number of aryl methyl sites for hydroxylation is 1. The molecule has 1 saturated carbocycles. The molecule has 2 bridgehead atoms. The number of morpholine rings is 1. The molecule has 2 atom stereocenters. The second-order valence-electron chi connectivity index (χ2n) is 6.63. The summed E-state index contributed by atoms with van der Waals surface area (Å²) in [5.74, 6) is 0. The average molecular weight is 307 g/mol. The van der Waals surface area contributed by atoms with Crippen LogP contribution in [0.25, 0.3) is 0 Å². The molecule has 21 heavy (non-hydrogen) atoms. The van der Waals surface area contributed by atoms with Crippen LogP contribution in [0.4, 0.5) is 5.13 Å². The minimum Gasteiger partial charge on any atom is -0.371 e. The lowest BCUT2D eigenvalue weighted by molar-refractivity contribution is 0.0305. The van der Waals surface area contributed by atoms with Gasteiger partial charge in [-0.3, -0.25) is 0 Å². The molecular formula is C16H25N3OS. The molecule has 1 aliphatic carbocycles. The standard InChI is InChI=1S/C16H25N3OS/c1-2-3-14-15(8-17-11-4-5-11)21-16(18-14)19-9-12-6-7-13(10-19)20-12/h11-13,17H,2-10H2,1H3. The number of ether oxygens (including phenoxy) is 1. The Kier molecular flexibility index (Phi) is 3.90. The monoisotopic (exact) mass is 307 g/mol. The molecule has 5 heteroatoms. The Morgan fingerprint density at radius 2 is 2.00 bits per heavy atom. The minimum absolute atomic E-state index is 0.440. The van der Waals surface area contributed by atoms with Crippen LogP contribution in [0.1, 0.15) is 49.6 Å². The number of nitrogens with zero attached hydrogens (tertiary/aromatic N) is 2. The molecule has 3 heterocycles. The Balaban J connectivity index is 1.49. The molecule has 4 rings (SSSR count). The first-order valence-electron chi connectivity index (χ1n) is 8.44. The van der Waals surface area contributed by atoms with Crippen molar-refractivity contribution in [1.29, 1.82) is 0 Å². The van der Waals surface area contributed by atoms with Crippen LogP contribution in [-0.4, -0.2) is 36.3 Å². The van der Waals surface area contributed by atoms with E-state index in [0.29, 0.717) is 12.2 Å². The van der Waals surface area contributed by atoms with Gasteiger partial charge in [0.1, 0.15) is 0 Å². The van der Waals surface area contributed by atoms with Crippen molar-refractivity contribution >= 4 is 16.5 Å². The third kappa shape index (κ3) is 3.10. The normalized spacial score (nSPS) is 28.3. The van der Waals surface area contributed by atoms with Crippen LogP contribution in [0, 0.1) is 0 Å². The molecule has 0 radical (unpaired) electrons. The van der Waals surface area contributed by atoms with E-state index in [4.69, 9.17) is 9.72 Å². The van der Waals surface area contributed by atoms with Gasteiger partial charge in [-0.15, -0.1) is 11.3 Å². The molecule has 4 nitrogen and oxygen atoms in total. The molecule has 3 fully saturated rings. The SMILES string of the molecule is CCCc1nc(N2CC3CCC(C2)O3)sc1CNC1CC1. The highest BCUT2D eigenvalue weighted by Crippen LogP contribution is 2.34. The van der Waals surface area contributed by atoms with Crippen molar-refractivity contribution in [3.63, 3.8) is 0 Å². The van der Waals surface area contributed by atoms with Gasteiger partial charge in [0.2, 0.25) is 0 Å². The fourth-order valence-electron chi connectivity index (χ4n) is 3.37. The number of hydrogen-bond donors (Lipinski definition) is 1. The predicted molar refractivity (Wildman–Crippen MR) is 86.1 cm³/mol. The van der Waals surface area contributed by atoms with E-state index >= 15 is 0 Å². The third-order valence-corrected chi connectivity index (χ3v) is 5.85. The van der Waals surface area contributed by atoms with Gasteiger partial charge in [0, 0.05) is 30.6 Å². The summed E-state index contributed by atoms with van der Waals surface area (Å²) < 4.78 is 5.94. The van der Waals surface area contributed by atoms with Crippen LogP contribution < -0.4 is 10.2 Å². The van der Waals surface area contributed by atoms with Crippen molar-refractivity contribution in [1.82, 2.24) is 10.3 Å². The van der Waals surface area contributed by atoms with Crippen molar-refractivity contribution in [3.8, 4) is 0 Å². The predicted octanol–water partition coefficient (Wildman–Crippen LogP) is 2.72. The highest BCUT2D eigenvalue weighted by Gasteiger charge is 2.35. The van der Waals surface area contributed by atoms with Crippen molar-refractivity contribution in [2.75, 3.05) is 18.0 Å². The lowest BCUT2D eigenvalue weighted by atomic mass is 10.2. The van der Waals surface area contributed by atoms with E-state index in [1.807, 2.05) is 11.3 Å². The van der Waals surface area contributed by atoms with E-state index < -0.39 is 0 Å². The molecule has 0 aromatic carbocycles. The van der Waals surface area contributed by atoms with E-state index in [-0.39, 0.29) is 0 Å². The number of hydrogen-bond acceptors (Lipinski definition) is 5. The molecule has 1 N–H and O–H groups in total. The summed E-state index contributed by atoms with van der Waals surface area (Å²) in [6, 6.07) is 0.768. The van der Waals surface area contributed by atoms with Gasteiger partial charge < -0.3 is 15.0 Å². The summed E-state index contributed by atoms with van der Waals surface area (Å²) in [4.78, 5) is 8.89. The van der Waals surface area contributed by atoms with E-state index in [2.05, 4.69) is 17.1 Å². The molecule has 0 spiro atoms. The molecule has 2 aliphatic heterocycles. The van der Waals surface area contributed by atoms with Gasteiger partial charge in [-0.05, 0) is 32.1 Å². The summed E-state index contributed by atoms with van der Waals surface area (Å²) in [6.07, 6.45) is 8.31. The molecule has 2 saturated heterocycles.